The zero-order valence-electron chi connectivity index (χ0n) is 21.3. The Kier molecular flexibility index (Phi) is 8.49. The Morgan fingerprint density at radius 3 is 2.66 bits per heavy atom. The van der Waals surface area contributed by atoms with E-state index in [1.807, 2.05) is 6.07 Å². The van der Waals surface area contributed by atoms with Crippen LogP contribution >= 0.6 is 0 Å². The molecule has 0 aromatic heterocycles. The number of para-hydroxylation sites is 1. The Balaban J connectivity index is 1.67. The first-order valence-corrected chi connectivity index (χ1v) is 12.2. The fourth-order valence-electron chi connectivity index (χ4n) is 4.84. The first kappa shape index (κ1) is 27.7. The topological polar surface area (TPSA) is 89.5 Å². The van der Waals surface area contributed by atoms with Crippen molar-refractivity contribution in [3.8, 4) is 11.5 Å². The largest absolute Gasteiger partial charge is 0.487 e. The predicted octanol–water partition coefficient (Wildman–Crippen LogP) is 4.12. The lowest BCUT2D eigenvalue weighted by Gasteiger charge is -2.39. The molecule has 0 saturated heterocycles. The lowest BCUT2D eigenvalue weighted by molar-refractivity contribution is -0.138. The van der Waals surface area contributed by atoms with Crippen molar-refractivity contribution in [2.24, 2.45) is 0 Å². The Morgan fingerprint density at radius 1 is 1.21 bits per heavy atom. The molecule has 2 N–H and O–H groups in total. The molecule has 0 unspecified atom stereocenters. The van der Waals surface area contributed by atoms with Crippen molar-refractivity contribution >= 4 is 22.9 Å². The number of nitrogens with zero attached hydrogens (tertiary/aromatic N) is 1. The molecule has 0 spiro atoms. The van der Waals surface area contributed by atoms with Gasteiger partial charge in [0.25, 0.3) is 0 Å². The maximum Gasteiger partial charge on any atom is 0.416 e. The van der Waals surface area contributed by atoms with Crippen molar-refractivity contribution in [2.75, 3.05) is 64.0 Å². The van der Waals surface area contributed by atoms with Crippen molar-refractivity contribution < 1.29 is 42.0 Å². The third-order valence-corrected chi connectivity index (χ3v) is 6.40. The van der Waals surface area contributed by atoms with E-state index in [1.165, 1.54) is 26.4 Å². The van der Waals surface area contributed by atoms with Crippen LogP contribution in [0.25, 0.3) is 5.57 Å². The number of alkyl halides is 3. The van der Waals surface area contributed by atoms with Crippen LogP contribution in [0.2, 0.25) is 0 Å². The maximum atomic E-state index is 13.4. The van der Waals surface area contributed by atoms with Gasteiger partial charge in [-0.2, -0.15) is 13.2 Å². The van der Waals surface area contributed by atoms with E-state index in [-0.39, 0.29) is 32.0 Å². The highest BCUT2D eigenvalue weighted by Gasteiger charge is 2.41. The van der Waals surface area contributed by atoms with E-state index in [9.17, 15) is 23.1 Å². The molecule has 0 radical (unpaired) electrons. The third-order valence-electron chi connectivity index (χ3n) is 6.40. The summed E-state index contributed by atoms with van der Waals surface area (Å²) in [6, 6.07) is 8.62. The maximum absolute atomic E-state index is 13.4. The number of rotatable bonds is 9. The first-order chi connectivity index (χ1) is 18.2. The SMILES string of the molecule is COCC1(COC)C/C(=C\C(=O)Nc2cccc3c2OCCN3CCCO)c2ccc(C(F)(F)F)cc2O1. The highest BCUT2D eigenvalue weighted by atomic mass is 19.4. The van der Waals surface area contributed by atoms with Crippen molar-refractivity contribution in [2.45, 2.75) is 24.6 Å². The predicted molar refractivity (Wildman–Crippen MR) is 136 cm³/mol. The highest BCUT2D eigenvalue weighted by Crippen LogP contribution is 2.44. The van der Waals surface area contributed by atoms with E-state index in [4.69, 9.17) is 18.9 Å². The molecule has 0 fully saturated rings. The number of anilines is 2. The number of ether oxygens (including phenoxy) is 4. The summed E-state index contributed by atoms with van der Waals surface area (Å²) < 4.78 is 62.7. The van der Waals surface area contributed by atoms with Crippen LogP contribution in [0.1, 0.15) is 24.0 Å². The van der Waals surface area contributed by atoms with Crippen LogP contribution in [0, 0.1) is 0 Å². The summed E-state index contributed by atoms with van der Waals surface area (Å²) in [5.74, 6) is 0.0545. The minimum Gasteiger partial charge on any atom is -0.487 e. The van der Waals surface area contributed by atoms with E-state index in [0.29, 0.717) is 48.7 Å². The average molecular weight is 537 g/mol. The van der Waals surface area contributed by atoms with Gasteiger partial charge in [-0.1, -0.05) is 12.1 Å². The van der Waals surface area contributed by atoms with E-state index >= 15 is 0 Å². The zero-order valence-corrected chi connectivity index (χ0v) is 21.3. The quantitative estimate of drug-likeness (QED) is 0.466. The number of carbonyl (C=O) groups excluding carboxylic acids is 1. The molecule has 2 aliphatic rings. The summed E-state index contributed by atoms with van der Waals surface area (Å²) in [7, 11) is 2.92. The average Bonchev–Trinajstić information content (AvgIpc) is 2.87. The molecule has 0 saturated carbocycles. The van der Waals surface area contributed by atoms with Gasteiger partial charge >= 0.3 is 6.18 Å². The number of methoxy groups -OCH3 is 2. The van der Waals surface area contributed by atoms with Crippen molar-refractivity contribution in [1.82, 2.24) is 0 Å². The molecule has 206 valence electrons. The van der Waals surface area contributed by atoms with Gasteiger partial charge in [0.1, 0.15) is 12.4 Å². The summed E-state index contributed by atoms with van der Waals surface area (Å²) in [4.78, 5) is 15.3. The van der Waals surface area contributed by atoms with E-state index < -0.39 is 23.2 Å². The Morgan fingerprint density at radius 2 is 1.97 bits per heavy atom. The van der Waals surface area contributed by atoms with Crippen LogP contribution < -0.4 is 19.7 Å². The molecule has 1 amide bonds. The lowest BCUT2D eigenvalue weighted by atomic mass is 9.86. The fourth-order valence-corrected chi connectivity index (χ4v) is 4.84. The van der Waals surface area contributed by atoms with Gasteiger partial charge in [0.2, 0.25) is 5.91 Å². The molecule has 4 rings (SSSR count). The van der Waals surface area contributed by atoms with Crippen LogP contribution in [0.4, 0.5) is 24.5 Å². The summed E-state index contributed by atoms with van der Waals surface area (Å²) in [5.41, 5.74) is 0.182. The summed E-state index contributed by atoms with van der Waals surface area (Å²) in [6.07, 6.45) is -2.41. The Hall–Kier alpha value is -3.28. The molecule has 2 aliphatic heterocycles. The molecule has 2 aromatic carbocycles. The van der Waals surface area contributed by atoms with Crippen LogP contribution in [0.3, 0.4) is 0 Å². The van der Waals surface area contributed by atoms with Crippen LogP contribution in [-0.2, 0) is 20.4 Å². The summed E-state index contributed by atoms with van der Waals surface area (Å²) in [6.45, 7) is 1.88. The molecule has 8 nitrogen and oxygen atoms in total. The minimum absolute atomic E-state index is 0.000765. The molecule has 11 heteroatoms. The number of fused-ring (bicyclic) bond motifs is 2. The smallest absolute Gasteiger partial charge is 0.416 e. The molecular weight excluding hydrogens is 505 g/mol. The highest BCUT2D eigenvalue weighted by molar-refractivity contribution is 6.06. The monoisotopic (exact) mass is 536 g/mol. The molecule has 0 bridgehead atoms. The third kappa shape index (κ3) is 6.06. The number of amides is 1. The molecule has 2 heterocycles. The Labute approximate surface area is 218 Å². The Bertz CT molecular complexity index is 1180. The second-order valence-corrected chi connectivity index (χ2v) is 9.26. The normalized spacial score (nSPS) is 17.3. The van der Waals surface area contributed by atoms with Gasteiger partial charge < -0.3 is 34.3 Å². The van der Waals surface area contributed by atoms with Gasteiger partial charge in [-0.3, -0.25) is 4.79 Å². The van der Waals surface area contributed by atoms with Crippen molar-refractivity contribution in [3.63, 3.8) is 0 Å². The molecule has 0 atom stereocenters. The van der Waals surface area contributed by atoms with E-state index in [1.54, 1.807) is 12.1 Å². The molecule has 0 aliphatic carbocycles. The molecule has 2 aromatic rings. The second-order valence-electron chi connectivity index (χ2n) is 9.26. The number of aliphatic hydroxyl groups is 1. The van der Waals surface area contributed by atoms with Gasteiger partial charge in [-0.25, -0.2) is 0 Å². The molecule has 38 heavy (non-hydrogen) atoms. The first-order valence-electron chi connectivity index (χ1n) is 12.2. The standard InChI is InChI=1S/C27H31F3N2O6/c1-35-16-26(17-36-2)15-18(20-8-7-19(27(28,29)30)14-23(20)38-26)13-24(34)31-21-5-3-6-22-25(21)37-12-10-32(22)9-4-11-33/h3,5-8,13-14,33H,4,9-12,15-17H2,1-2H3,(H,31,34)/b18-13+. The number of aliphatic hydroxyl groups excluding tert-OH is 1. The van der Waals surface area contributed by atoms with Gasteiger partial charge in [0.05, 0.1) is 36.7 Å². The number of hydrogen-bond donors (Lipinski definition) is 2. The van der Waals surface area contributed by atoms with E-state index in [0.717, 1.165) is 17.8 Å². The summed E-state index contributed by atoms with van der Waals surface area (Å²) >= 11 is 0. The van der Waals surface area contributed by atoms with Crippen LogP contribution in [-0.4, -0.2) is 70.4 Å². The zero-order chi connectivity index (χ0) is 27.3. The van der Waals surface area contributed by atoms with Crippen molar-refractivity contribution in [1.29, 1.82) is 0 Å². The molecular formula is C27H31F3N2O6. The number of benzene rings is 2. The minimum atomic E-state index is -4.56. The van der Waals surface area contributed by atoms with E-state index in [2.05, 4.69) is 10.2 Å². The lowest BCUT2D eigenvalue weighted by Crippen LogP contribution is -2.47. The van der Waals surface area contributed by atoms with Gasteiger partial charge in [0, 0.05) is 45.4 Å². The van der Waals surface area contributed by atoms with Crippen molar-refractivity contribution in [3.05, 3.63) is 53.6 Å². The number of hydrogen-bond acceptors (Lipinski definition) is 7. The van der Waals surface area contributed by atoms with Crippen LogP contribution in [0.15, 0.2) is 42.5 Å². The van der Waals surface area contributed by atoms with Gasteiger partial charge in [-0.05, 0) is 36.3 Å². The fraction of sp³-hybridized carbons (Fsp3) is 0.444. The second kappa shape index (κ2) is 11.6. The number of nitrogens with one attached hydrogen (secondary N) is 1. The van der Waals surface area contributed by atoms with Crippen LogP contribution in [0.5, 0.6) is 11.5 Å². The number of carbonyl (C=O) groups is 1. The van der Waals surface area contributed by atoms with Gasteiger partial charge in [0.15, 0.2) is 11.4 Å². The number of halogens is 3. The summed E-state index contributed by atoms with van der Waals surface area (Å²) in [5, 5.41) is 12.1. The van der Waals surface area contributed by atoms with Gasteiger partial charge in [-0.15, -0.1) is 0 Å².